The number of benzene rings is 3. The van der Waals surface area contributed by atoms with Crippen molar-refractivity contribution in [2.24, 2.45) is 0 Å². The molecule has 1 heterocycles. The summed E-state index contributed by atoms with van der Waals surface area (Å²) in [7, 11) is 0. The van der Waals surface area contributed by atoms with E-state index < -0.39 is 5.91 Å². The molecule has 8 heteroatoms. The highest BCUT2D eigenvalue weighted by atomic mass is 79.9. The van der Waals surface area contributed by atoms with Crippen molar-refractivity contribution in [2.75, 3.05) is 5.32 Å². The lowest BCUT2D eigenvalue weighted by Gasteiger charge is -2.13. The number of aromatic nitrogens is 3. The van der Waals surface area contributed by atoms with Crippen LogP contribution < -0.4 is 5.32 Å². The van der Waals surface area contributed by atoms with Crippen molar-refractivity contribution in [1.82, 2.24) is 14.8 Å². The molecule has 0 saturated heterocycles. The Labute approximate surface area is 210 Å². The molecule has 1 aromatic heterocycles. The highest BCUT2D eigenvalue weighted by Crippen LogP contribution is 2.30. The van der Waals surface area contributed by atoms with Crippen LogP contribution in [0, 0.1) is 6.92 Å². The first-order valence-electron chi connectivity index (χ1n) is 10.3. The van der Waals surface area contributed by atoms with Gasteiger partial charge in [0.25, 0.3) is 5.91 Å². The molecule has 168 valence electrons. The summed E-state index contributed by atoms with van der Waals surface area (Å²) in [5, 5.41) is 8.31. The van der Waals surface area contributed by atoms with Gasteiger partial charge in [-0.05, 0) is 54.8 Å². The van der Waals surface area contributed by atoms with Crippen molar-refractivity contribution in [3.8, 4) is 17.1 Å². The van der Waals surface area contributed by atoms with Gasteiger partial charge in [0, 0.05) is 15.7 Å². The Balaban J connectivity index is 1.77. The minimum Gasteiger partial charge on any atom is -0.319 e. The molecule has 3 aromatic carbocycles. The fourth-order valence-corrected chi connectivity index (χ4v) is 4.07. The van der Waals surface area contributed by atoms with Gasteiger partial charge in [0.1, 0.15) is 0 Å². The SMILES string of the molecule is Cc1ccc(-c2nc(C(=O)Nc3ccc(Br)cc3C(C)C)nn2-c2ccc(Cl)c(Cl)c2)cc1. The normalized spacial score (nSPS) is 11.1. The van der Waals surface area contributed by atoms with Crippen LogP contribution >= 0.6 is 39.1 Å². The summed E-state index contributed by atoms with van der Waals surface area (Å²) in [5.41, 5.74) is 4.33. The summed E-state index contributed by atoms with van der Waals surface area (Å²) in [4.78, 5) is 17.8. The van der Waals surface area contributed by atoms with Crippen LogP contribution in [0.15, 0.2) is 65.1 Å². The Morgan fingerprint density at radius 2 is 1.73 bits per heavy atom. The molecule has 4 rings (SSSR count). The minimum absolute atomic E-state index is 0.0503. The molecule has 0 spiro atoms. The van der Waals surface area contributed by atoms with Crippen molar-refractivity contribution in [1.29, 1.82) is 0 Å². The second kappa shape index (κ2) is 9.67. The third-order valence-corrected chi connectivity index (χ3v) is 6.38. The van der Waals surface area contributed by atoms with E-state index in [9.17, 15) is 4.79 Å². The maximum atomic E-state index is 13.2. The van der Waals surface area contributed by atoms with Gasteiger partial charge in [0.15, 0.2) is 5.82 Å². The van der Waals surface area contributed by atoms with Crippen LogP contribution in [0.2, 0.25) is 10.0 Å². The summed E-state index contributed by atoms with van der Waals surface area (Å²) >= 11 is 15.8. The van der Waals surface area contributed by atoms with Gasteiger partial charge in [-0.15, -0.1) is 5.10 Å². The average molecular weight is 544 g/mol. The fourth-order valence-electron chi connectivity index (χ4n) is 3.40. The van der Waals surface area contributed by atoms with Crippen LogP contribution in [-0.4, -0.2) is 20.7 Å². The quantitative estimate of drug-likeness (QED) is 0.280. The molecule has 0 fully saturated rings. The Bertz CT molecular complexity index is 1330. The van der Waals surface area contributed by atoms with Crippen LogP contribution in [0.25, 0.3) is 17.1 Å². The molecule has 0 aliphatic heterocycles. The fraction of sp³-hybridized carbons (Fsp3) is 0.160. The topological polar surface area (TPSA) is 59.8 Å². The van der Waals surface area contributed by atoms with Gasteiger partial charge >= 0.3 is 0 Å². The standard InChI is InChI=1S/C25H21BrCl2N4O/c1-14(2)19-12-17(26)8-11-22(19)29-25(33)23-30-24(16-6-4-15(3)5-7-16)32(31-23)18-9-10-20(27)21(28)13-18/h4-14H,1-3H3,(H,29,33). The predicted octanol–water partition coefficient (Wildman–Crippen LogP) is 7.69. The summed E-state index contributed by atoms with van der Waals surface area (Å²) in [5.74, 6) is 0.404. The van der Waals surface area contributed by atoms with Crippen molar-refractivity contribution in [3.63, 3.8) is 0 Å². The lowest BCUT2D eigenvalue weighted by molar-refractivity contribution is 0.101. The highest BCUT2D eigenvalue weighted by molar-refractivity contribution is 9.10. The summed E-state index contributed by atoms with van der Waals surface area (Å²) in [6.45, 7) is 6.16. The van der Waals surface area contributed by atoms with Gasteiger partial charge in [-0.25, -0.2) is 9.67 Å². The zero-order valence-electron chi connectivity index (χ0n) is 18.2. The first kappa shape index (κ1) is 23.5. The maximum absolute atomic E-state index is 13.2. The van der Waals surface area contributed by atoms with E-state index in [-0.39, 0.29) is 11.7 Å². The monoisotopic (exact) mass is 542 g/mol. The van der Waals surface area contributed by atoms with Crippen molar-refractivity contribution < 1.29 is 4.79 Å². The number of rotatable bonds is 5. The Hall–Kier alpha value is -2.67. The Kier molecular flexibility index (Phi) is 6.88. The van der Waals surface area contributed by atoms with Crippen LogP contribution in [0.5, 0.6) is 0 Å². The lowest BCUT2D eigenvalue weighted by atomic mass is 10.0. The molecule has 5 nitrogen and oxygen atoms in total. The van der Waals surface area contributed by atoms with Gasteiger partial charge in [-0.3, -0.25) is 4.79 Å². The Morgan fingerprint density at radius 3 is 2.39 bits per heavy atom. The first-order valence-corrected chi connectivity index (χ1v) is 11.9. The van der Waals surface area contributed by atoms with E-state index in [1.165, 1.54) is 0 Å². The number of carbonyl (C=O) groups excluding carboxylic acids is 1. The highest BCUT2D eigenvalue weighted by Gasteiger charge is 2.21. The molecule has 0 aliphatic carbocycles. The van der Waals surface area contributed by atoms with E-state index in [4.69, 9.17) is 23.2 Å². The van der Waals surface area contributed by atoms with E-state index in [1.54, 1.807) is 22.9 Å². The molecule has 0 bridgehead atoms. The van der Waals surface area contributed by atoms with Gasteiger partial charge in [-0.2, -0.15) is 0 Å². The van der Waals surface area contributed by atoms with E-state index in [2.05, 4.69) is 45.2 Å². The number of anilines is 1. The number of halogens is 3. The summed E-state index contributed by atoms with van der Waals surface area (Å²) in [6, 6.07) is 18.8. The number of nitrogens with one attached hydrogen (secondary N) is 1. The second-order valence-corrected chi connectivity index (χ2v) is 9.71. The second-order valence-electron chi connectivity index (χ2n) is 7.98. The molecule has 0 atom stereocenters. The molecule has 4 aromatic rings. The zero-order valence-corrected chi connectivity index (χ0v) is 21.3. The van der Waals surface area contributed by atoms with Crippen LogP contribution in [0.4, 0.5) is 5.69 Å². The molecule has 1 N–H and O–H groups in total. The third kappa shape index (κ3) is 5.13. The van der Waals surface area contributed by atoms with Crippen molar-refractivity contribution in [3.05, 3.63) is 92.1 Å². The number of amides is 1. The minimum atomic E-state index is -0.397. The van der Waals surface area contributed by atoms with Gasteiger partial charge in [0.05, 0.1) is 15.7 Å². The molecule has 0 radical (unpaired) electrons. The van der Waals surface area contributed by atoms with Crippen LogP contribution in [-0.2, 0) is 0 Å². The molecule has 0 unspecified atom stereocenters. The van der Waals surface area contributed by atoms with Crippen LogP contribution in [0.1, 0.15) is 41.5 Å². The van der Waals surface area contributed by atoms with Crippen LogP contribution in [0.3, 0.4) is 0 Å². The number of hydrogen-bond donors (Lipinski definition) is 1. The van der Waals surface area contributed by atoms with Gasteiger partial charge < -0.3 is 5.32 Å². The molecule has 1 amide bonds. The summed E-state index contributed by atoms with van der Waals surface area (Å²) < 4.78 is 2.56. The Morgan fingerprint density at radius 1 is 1.00 bits per heavy atom. The van der Waals surface area contributed by atoms with Gasteiger partial charge in [-0.1, -0.05) is 82.8 Å². The molecule has 33 heavy (non-hydrogen) atoms. The average Bonchev–Trinajstić information content (AvgIpc) is 3.23. The molecule has 0 saturated carbocycles. The molecule has 0 aliphatic rings. The van der Waals surface area contributed by atoms with E-state index in [0.717, 1.165) is 26.9 Å². The predicted molar refractivity (Wildman–Crippen MR) is 138 cm³/mol. The first-order chi connectivity index (χ1) is 15.7. The molecular formula is C25H21BrCl2N4O. The smallest absolute Gasteiger partial charge is 0.295 e. The largest absolute Gasteiger partial charge is 0.319 e. The number of nitrogens with zero attached hydrogens (tertiary/aromatic N) is 3. The summed E-state index contributed by atoms with van der Waals surface area (Å²) in [6.07, 6.45) is 0. The number of hydrogen-bond acceptors (Lipinski definition) is 3. The van der Waals surface area contributed by atoms with E-state index in [0.29, 0.717) is 21.6 Å². The number of aryl methyl sites for hydroxylation is 1. The van der Waals surface area contributed by atoms with E-state index in [1.807, 2.05) is 49.4 Å². The van der Waals surface area contributed by atoms with Crippen molar-refractivity contribution in [2.45, 2.75) is 26.7 Å². The van der Waals surface area contributed by atoms with E-state index >= 15 is 0 Å². The molecular weight excluding hydrogens is 523 g/mol. The lowest BCUT2D eigenvalue weighted by Crippen LogP contribution is -2.16. The van der Waals surface area contributed by atoms with Crippen molar-refractivity contribution >= 4 is 50.7 Å². The zero-order chi connectivity index (χ0) is 23.7. The van der Waals surface area contributed by atoms with Gasteiger partial charge in [0.2, 0.25) is 5.82 Å². The number of carbonyl (C=O) groups is 1. The third-order valence-electron chi connectivity index (χ3n) is 5.15. The maximum Gasteiger partial charge on any atom is 0.295 e.